The normalized spacial score (nSPS) is 15.7. The first-order valence-corrected chi connectivity index (χ1v) is 11.9. The first-order valence-electron chi connectivity index (χ1n) is 11.9. The number of rotatable bonds is 7. The Bertz CT molecular complexity index is 1260. The van der Waals surface area contributed by atoms with Crippen molar-refractivity contribution < 1.29 is 26.7 Å². The van der Waals surface area contributed by atoms with Crippen molar-refractivity contribution in [1.29, 1.82) is 0 Å². The van der Waals surface area contributed by atoms with Crippen LogP contribution in [0.5, 0.6) is 5.75 Å². The molecule has 1 aliphatic rings. The third-order valence-electron chi connectivity index (χ3n) is 6.59. The second-order valence-electron chi connectivity index (χ2n) is 8.94. The van der Waals surface area contributed by atoms with Gasteiger partial charge in [-0.1, -0.05) is 43.7 Å². The number of halogens is 5. The van der Waals surface area contributed by atoms with Crippen LogP contribution in [0.15, 0.2) is 48.5 Å². The minimum absolute atomic E-state index is 0.0431. The molecule has 0 aromatic heterocycles. The van der Waals surface area contributed by atoms with Gasteiger partial charge in [-0.3, -0.25) is 0 Å². The van der Waals surface area contributed by atoms with Crippen LogP contribution in [0, 0.1) is 36.0 Å². The van der Waals surface area contributed by atoms with E-state index in [1.807, 2.05) is 13.0 Å². The van der Waals surface area contributed by atoms with Crippen LogP contribution in [-0.2, 0) is 0 Å². The summed E-state index contributed by atoms with van der Waals surface area (Å²) in [6, 6.07) is 10.2. The van der Waals surface area contributed by atoms with E-state index in [0.29, 0.717) is 37.0 Å². The van der Waals surface area contributed by atoms with Crippen molar-refractivity contribution in [2.75, 3.05) is 6.61 Å². The van der Waals surface area contributed by atoms with E-state index in [2.05, 4.69) is 0 Å². The average Bonchev–Trinajstić information content (AvgIpc) is 2.86. The van der Waals surface area contributed by atoms with Crippen LogP contribution >= 0.6 is 0 Å². The van der Waals surface area contributed by atoms with Crippen molar-refractivity contribution >= 4 is 5.57 Å². The molecule has 3 aromatic rings. The lowest BCUT2D eigenvalue weighted by atomic mass is 9.82. The predicted molar refractivity (Wildman–Crippen MR) is 128 cm³/mol. The maximum Gasteiger partial charge on any atom is 0.201 e. The number of aryl methyl sites for hydroxylation is 1. The SMILES string of the molecule is CCCCOc1ccc(-c2ccc(C3CC=C(c4ccc(C)c(F)c4F)CC3)c(F)c2)c(F)c1F. The maximum absolute atomic E-state index is 15.0. The van der Waals surface area contributed by atoms with Gasteiger partial charge in [0.25, 0.3) is 0 Å². The molecule has 0 saturated carbocycles. The van der Waals surface area contributed by atoms with Crippen LogP contribution in [0.3, 0.4) is 0 Å². The van der Waals surface area contributed by atoms with E-state index in [-0.39, 0.29) is 33.9 Å². The molecule has 0 saturated heterocycles. The van der Waals surface area contributed by atoms with E-state index in [9.17, 15) is 17.6 Å². The minimum Gasteiger partial charge on any atom is -0.490 e. The van der Waals surface area contributed by atoms with Gasteiger partial charge in [0.2, 0.25) is 5.82 Å². The quantitative estimate of drug-likeness (QED) is 0.239. The fourth-order valence-corrected chi connectivity index (χ4v) is 4.47. The van der Waals surface area contributed by atoms with Gasteiger partial charge in [0.15, 0.2) is 23.2 Å². The van der Waals surface area contributed by atoms with E-state index in [4.69, 9.17) is 4.74 Å². The highest BCUT2D eigenvalue weighted by atomic mass is 19.2. The molecule has 0 heterocycles. The summed E-state index contributed by atoms with van der Waals surface area (Å²) in [6.07, 6.45) is 4.92. The number of hydrogen-bond donors (Lipinski definition) is 0. The van der Waals surface area contributed by atoms with E-state index in [1.54, 1.807) is 24.3 Å². The number of allylic oxidation sites excluding steroid dienone is 2. The standard InChI is InChI=1S/C29H27F5O/c1-3-4-15-35-25-14-13-23(28(33)29(25)34)20-10-12-21(24(30)16-20)18-6-8-19(9-7-18)22-11-5-17(2)26(31)27(22)32/h5,8,10-14,16,18H,3-4,6-7,9,15H2,1-2H3. The molecule has 0 radical (unpaired) electrons. The zero-order valence-corrected chi connectivity index (χ0v) is 19.7. The molecule has 0 amide bonds. The highest BCUT2D eigenvalue weighted by Gasteiger charge is 2.24. The molecule has 1 nitrogen and oxygen atoms in total. The lowest BCUT2D eigenvalue weighted by Crippen LogP contribution is -2.08. The predicted octanol–water partition coefficient (Wildman–Crippen LogP) is 8.89. The Hall–Kier alpha value is -3.15. The van der Waals surface area contributed by atoms with E-state index in [0.717, 1.165) is 12.8 Å². The molecule has 1 unspecified atom stereocenters. The van der Waals surface area contributed by atoms with Crippen molar-refractivity contribution in [1.82, 2.24) is 0 Å². The minimum atomic E-state index is -1.09. The van der Waals surface area contributed by atoms with Gasteiger partial charge < -0.3 is 4.74 Å². The molecule has 184 valence electrons. The summed E-state index contributed by atoms with van der Waals surface area (Å²) in [5.74, 6) is -4.71. The topological polar surface area (TPSA) is 9.23 Å². The number of ether oxygens (including phenoxy) is 1. The van der Waals surface area contributed by atoms with Crippen molar-refractivity contribution in [2.24, 2.45) is 0 Å². The highest BCUT2D eigenvalue weighted by molar-refractivity contribution is 5.68. The molecule has 0 bridgehead atoms. The highest BCUT2D eigenvalue weighted by Crippen LogP contribution is 2.39. The molecule has 4 rings (SSSR count). The van der Waals surface area contributed by atoms with E-state index >= 15 is 4.39 Å². The zero-order chi connectivity index (χ0) is 25.1. The Balaban J connectivity index is 1.53. The van der Waals surface area contributed by atoms with Crippen molar-refractivity contribution in [2.45, 2.75) is 51.9 Å². The van der Waals surface area contributed by atoms with E-state index in [1.165, 1.54) is 25.1 Å². The largest absolute Gasteiger partial charge is 0.490 e. The summed E-state index contributed by atoms with van der Waals surface area (Å²) < 4.78 is 77.8. The second kappa shape index (κ2) is 10.6. The van der Waals surface area contributed by atoms with Crippen LogP contribution < -0.4 is 4.74 Å². The number of benzene rings is 3. The lowest BCUT2D eigenvalue weighted by molar-refractivity contribution is 0.289. The number of unbranched alkanes of at least 4 members (excludes halogenated alkanes) is 1. The van der Waals surface area contributed by atoms with E-state index < -0.39 is 29.1 Å². The van der Waals surface area contributed by atoms with Crippen LogP contribution in [0.4, 0.5) is 22.0 Å². The maximum atomic E-state index is 15.0. The van der Waals surface area contributed by atoms with Crippen LogP contribution in [0.25, 0.3) is 16.7 Å². The van der Waals surface area contributed by atoms with Gasteiger partial charge in [-0.25, -0.2) is 17.6 Å². The monoisotopic (exact) mass is 486 g/mol. The summed E-state index contributed by atoms with van der Waals surface area (Å²) >= 11 is 0. The van der Waals surface area contributed by atoms with Crippen molar-refractivity contribution in [3.63, 3.8) is 0 Å². The van der Waals surface area contributed by atoms with Crippen LogP contribution in [0.1, 0.15) is 61.6 Å². The van der Waals surface area contributed by atoms with Gasteiger partial charge in [-0.15, -0.1) is 0 Å². The van der Waals surface area contributed by atoms with Crippen LogP contribution in [0.2, 0.25) is 0 Å². The third-order valence-corrected chi connectivity index (χ3v) is 6.59. The molecule has 0 spiro atoms. The Kier molecular flexibility index (Phi) is 7.58. The summed E-state index contributed by atoms with van der Waals surface area (Å²) in [7, 11) is 0. The third kappa shape index (κ3) is 5.12. The summed E-state index contributed by atoms with van der Waals surface area (Å²) in [5, 5.41) is 0. The van der Waals surface area contributed by atoms with Crippen molar-refractivity contribution in [3.8, 4) is 16.9 Å². The van der Waals surface area contributed by atoms with Crippen molar-refractivity contribution in [3.05, 3.63) is 94.3 Å². The first kappa shape index (κ1) is 25.0. The van der Waals surface area contributed by atoms with Gasteiger partial charge in [0.05, 0.1) is 6.61 Å². The van der Waals surface area contributed by atoms with Crippen LogP contribution in [-0.4, -0.2) is 6.61 Å². The molecule has 6 heteroatoms. The Morgan fingerprint density at radius 2 is 1.60 bits per heavy atom. The molecule has 1 aliphatic carbocycles. The molecule has 0 N–H and O–H groups in total. The molecule has 35 heavy (non-hydrogen) atoms. The smallest absolute Gasteiger partial charge is 0.201 e. The average molecular weight is 487 g/mol. The van der Waals surface area contributed by atoms with Gasteiger partial charge in [0, 0.05) is 11.1 Å². The number of hydrogen-bond acceptors (Lipinski definition) is 1. The summed E-state index contributed by atoms with van der Waals surface area (Å²) in [6.45, 7) is 3.77. The molecule has 0 fully saturated rings. The van der Waals surface area contributed by atoms with Gasteiger partial charge in [0.1, 0.15) is 5.82 Å². The molecule has 0 aliphatic heterocycles. The molecule has 3 aromatic carbocycles. The van der Waals surface area contributed by atoms with Gasteiger partial charge in [-0.05, 0) is 79.0 Å². The molecular formula is C29H27F5O. The fourth-order valence-electron chi connectivity index (χ4n) is 4.47. The molecular weight excluding hydrogens is 459 g/mol. The Labute approximate surface area is 202 Å². The summed E-state index contributed by atoms with van der Waals surface area (Å²) in [4.78, 5) is 0. The Morgan fingerprint density at radius 1 is 0.857 bits per heavy atom. The van der Waals surface area contributed by atoms with Gasteiger partial charge in [-0.2, -0.15) is 4.39 Å². The fraction of sp³-hybridized carbons (Fsp3) is 0.310. The molecule has 1 atom stereocenters. The summed E-state index contributed by atoms with van der Waals surface area (Å²) in [5.41, 5.74) is 1.83. The first-order chi connectivity index (χ1) is 16.8. The second-order valence-corrected chi connectivity index (χ2v) is 8.94. The lowest BCUT2D eigenvalue weighted by Gasteiger charge is -2.24. The Morgan fingerprint density at radius 3 is 2.29 bits per heavy atom. The zero-order valence-electron chi connectivity index (χ0n) is 19.7. The van der Waals surface area contributed by atoms with Gasteiger partial charge >= 0.3 is 0 Å².